The average molecular weight is 329 g/mol. The van der Waals surface area contributed by atoms with Crippen LogP contribution in [0.2, 0.25) is 0 Å². The third-order valence-corrected chi connectivity index (χ3v) is 5.57. The molecule has 0 N–H and O–H groups in total. The molecule has 128 valence electrons. The van der Waals surface area contributed by atoms with Crippen LogP contribution in [0.4, 0.5) is 0 Å². The number of nitrogens with zero attached hydrogens (tertiary/aromatic N) is 1. The van der Waals surface area contributed by atoms with Gasteiger partial charge in [0.2, 0.25) is 5.91 Å². The summed E-state index contributed by atoms with van der Waals surface area (Å²) in [6.07, 6.45) is 9.61. The van der Waals surface area contributed by atoms with Crippen LogP contribution < -0.4 is 5.63 Å². The van der Waals surface area contributed by atoms with Crippen molar-refractivity contribution in [2.75, 3.05) is 0 Å². The molecule has 1 aromatic rings. The second-order valence-corrected chi connectivity index (χ2v) is 7.41. The summed E-state index contributed by atoms with van der Waals surface area (Å²) in [5.41, 5.74) is 0.787. The van der Waals surface area contributed by atoms with Crippen LogP contribution in [0.15, 0.2) is 15.3 Å². The summed E-state index contributed by atoms with van der Waals surface area (Å²) in [5.74, 6) is 0.677. The molecular weight excluding hydrogens is 306 g/mol. The number of imide groups is 1. The van der Waals surface area contributed by atoms with Crippen molar-refractivity contribution in [3.63, 3.8) is 0 Å². The summed E-state index contributed by atoms with van der Waals surface area (Å²) in [7, 11) is 0. The van der Waals surface area contributed by atoms with Gasteiger partial charge in [0.25, 0.3) is 5.91 Å². The van der Waals surface area contributed by atoms with E-state index in [9.17, 15) is 14.4 Å². The number of rotatable bonds is 6. The maximum absolute atomic E-state index is 12.9. The van der Waals surface area contributed by atoms with Gasteiger partial charge in [0.05, 0.1) is 12.0 Å². The predicted molar refractivity (Wildman–Crippen MR) is 87.8 cm³/mol. The molecule has 0 radical (unpaired) electrons. The Morgan fingerprint density at radius 1 is 1.08 bits per heavy atom. The third-order valence-electron chi connectivity index (χ3n) is 5.57. The topological polar surface area (TPSA) is 67.6 Å². The summed E-state index contributed by atoms with van der Waals surface area (Å²) < 4.78 is 5.19. The monoisotopic (exact) mass is 329 g/mol. The van der Waals surface area contributed by atoms with E-state index in [-0.39, 0.29) is 30.0 Å². The lowest BCUT2D eigenvalue weighted by Gasteiger charge is -2.38. The summed E-state index contributed by atoms with van der Waals surface area (Å²) in [4.78, 5) is 38.4. The van der Waals surface area contributed by atoms with E-state index in [0.29, 0.717) is 12.0 Å². The van der Waals surface area contributed by atoms with Gasteiger partial charge in [0.1, 0.15) is 5.76 Å². The van der Waals surface area contributed by atoms with Crippen molar-refractivity contribution in [3.8, 4) is 0 Å². The summed E-state index contributed by atoms with van der Waals surface area (Å²) in [6, 6.07) is 1.48. The van der Waals surface area contributed by atoms with Crippen LogP contribution in [0.1, 0.15) is 73.0 Å². The van der Waals surface area contributed by atoms with E-state index in [1.807, 2.05) is 0 Å². The van der Waals surface area contributed by atoms with Crippen molar-refractivity contribution in [1.29, 1.82) is 0 Å². The number of hydrogen-bond acceptors (Lipinski definition) is 4. The Morgan fingerprint density at radius 2 is 1.88 bits per heavy atom. The minimum Gasteiger partial charge on any atom is -0.426 e. The lowest BCUT2D eigenvalue weighted by molar-refractivity contribution is -0.132. The Bertz CT molecular complexity index is 727. The standard InChI is InChI=1S/C19H23NO4/c21-16-11-15-18(19(23)20(16)14-6-3-7-14)13(10-17(22)24-15)5-2-1-4-12-8-9-12/h10,12,14H,1-9,11H2. The first-order valence-corrected chi connectivity index (χ1v) is 9.16. The van der Waals surface area contributed by atoms with Crippen molar-refractivity contribution < 1.29 is 14.0 Å². The largest absolute Gasteiger partial charge is 0.426 e. The third kappa shape index (κ3) is 2.92. The van der Waals surface area contributed by atoms with Crippen LogP contribution in [0.25, 0.3) is 0 Å². The second-order valence-electron chi connectivity index (χ2n) is 7.41. The van der Waals surface area contributed by atoms with Crippen LogP contribution >= 0.6 is 0 Å². The molecule has 24 heavy (non-hydrogen) atoms. The van der Waals surface area contributed by atoms with E-state index in [1.165, 1.54) is 30.2 Å². The molecule has 0 unspecified atom stereocenters. The molecule has 0 saturated heterocycles. The molecule has 1 aromatic heterocycles. The highest BCUT2D eigenvalue weighted by atomic mass is 16.4. The molecule has 0 atom stereocenters. The summed E-state index contributed by atoms with van der Waals surface area (Å²) >= 11 is 0. The van der Waals surface area contributed by atoms with Crippen molar-refractivity contribution in [2.24, 2.45) is 5.92 Å². The summed E-state index contributed by atoms with van der Waals surface area (Å²) in [6.45, 7) is 0. The van der Waals surface area contributed by atoms with Gasteiger partial charge in [0, 0.05) is 12.1 Å². The van der Waals surface area contributed by atoms with Crippen LogP contribution in [-0.2, 0) is 17.6 Å². The van der Waals surface area contributed by atoms with E-state index in [0.717, 1.165) is 43.6 Å². The van der Waals surface area contributed by atoms with Crippen LogP contribution in [0.3, 0.4) is 0 Å². The minimum absolute atomic E-state index is 0.0305. The zero-order valence-corrected chi connectivity index (χ0v) is 13.9. The van der Waals surface area contributed by atoms with Crippen LogP contribution in [0.5, 0.6) is 0 Å². The highest BCUT2D eigenvalue weighted by Crippen LogP contribution is 2.35. The fraction of sp³-hybridized carbons (Fsp3) is 0.632. The first kappa shape index (κ1) is 15.6. The molecule has 2 fully saturated rings. The lowest BCUT2D eigenvalue weighted by atomic mass is 9.88. The number of unbranched alkanes of at least 4 members (excludes halogenated alkanes) is 1. The van der Waals surface area contributed by atoms with Gasteiger partial charge >= 0.3 is 5.63 Å². The van der Waals surface area contributed by atoms with Crippen LogP contribution in [0, 0.1) is 5.92 Å². The molecule has 5 heteroatoms. The molecule has 2 heterocycles. The Kier molecular flexibility index (Phi) is 4.02. The number of hydrogen-bond donors (Lipinski definition) is 0. The van der Waals surface area contributed by atoms with Gasteiger partial charge in [-0.25, -0.2) is 4.79 Å². The molecule has 0 spiro atoms. The van der Waals surface area contributed by atoms with Gasteiger partial charge in [-0.2, -0.15) is 0 Å². The Balaban J connectivity index is 1.57. The molecule has 4 rings (SSSR count). The molecule has 2 amide bonds. The molecule has 0 bridgehead atoms. The molecule has 2 saturated carbocycles. The maximum atomic E-state index is 12.9. The highest BCUT2D eigenvalue weighted by Gasteiger charge is 2.40. The maximum Gasteiger partial charge on any atom is 0.336 e. The zero-order valence-electron chi connectivity index (χ0n) is 13.9. The molecular formula is C19H23NO4. The molecule has 1 aliphatic heterocycles. The van der Waals surface area contributed by atoms with Crippen molar-refractivity contribution in [2.45, 2.75) is 70.3 Å². The van der Waals surface area contributed by atoms with Gasteiger partial charge < -0.3 is 4.42 Å². The van der Waals surface area contributed by atoms with E-state index in [1.54, 1.807) is 0 Å². The Morgan fingerprint density at radius 3 is 2.54 bits per heavy atom. The SMILES string of the molecule is O=C1Cc2oc(=O)cc(CCCCC3CC3)c2C(=O)N1C1CCC1. The average Bonchev–Trinajstić information content (AvgIpc) is 3.29. The second kappa shape index (κ2) is 6.19. The number of carbonyl (C=O) groups excluding carboxylic acids is 2. The smallest absolute Gasteiger partial charge is 0.336 e. The quantitative estimate of drug-likeness (QED) is 0.594. The highest BCUT2D eigenvalue weighted by molar-refractivity contribution is 6.10. The normalized spacial score (nSPS) is 20.9. The molecule has 5 nitrogen and oxygen atoms in total. The Hall–Kier alpha value is -1.91. The van der Waals surface area contributed by atoms with Gasteiger partial charge in [-0.3, -0.25) is 14.5 Å². The van der Waals surface area contributed by atoms with Crippen molar-refractivity contribution >= 4 is 11.8 Å². The Labute approximate surface area is 141 Å². The zero-order chi connectivity index (χ0) is 16.7. The van der Waals surface area contributed by atoms with E-state index in [4.69, 9.17) is 4.42 Å². The fourth-order valence-corrected chi connectivity index (χ4v) is 3.80. The number of aryl methyl sites for hydroxylation is 1. The first-order valence-electron chi connectivity index (χ1n) is 9.16. The van der Waals surface area contributed by atoms with Gasteiger partial charge in [-0.1, -0.05) is 25.7 Å². The minimum atomic E-state index is -0.455. The van der Waals surface area contributed by atoms with E-state index >= 15 is 0 Å². The van der Waals surface area contributed by atoms with Crippen molar-refractivity contribution in [1.82, 2.24) is 4.90 Å². The lowest BCUT2D eigenvalue weighted by Crippen LogP contribution is -2.51. The van der Waals surface area contributed by atoms with Gasteiger partial charge in [-0.15, -0.1) is 0 Å². The number of amides is 2. The van der Waals surface area contributed by atoms with Gasteiger partial charge in [-0.05, 0) is 43.6 Å². The van der Waals surface area contributed by atoms with Crippen molar-refractivity contribution in [3.05, 3.63) is 33.4 Å². The summed E-state index contributed by atoms with van der Waals surface area (Å²) in [5, 5.41) is 0. The first-order chi connectivity index (χ1) is 11.6. The van der Waals surface area contributed by atoms with E-state index < -0.39 is 5.63 Å². The fourth-order valence-electron chi connectivity index (χ4n) is 3.80. The number of carbonyl (C=O) groups is 2. The molecule has 0 aromatic carbocycles. The van der Waals surface area contributed by atoms with Crippen LogP contribution in [-0.4, -0.2) is 22.8 Å². The van der Waals surface area contributed by atoms with E-state index in [2.05, 4.69) is 0 Å². The molecule has 3 aliphatic rings. The molecule has 2 aliphatic carbocycles. The number of fused-ring (bicyclic) bond motifs is 1. The predicted octanol–water partition coefficient (Wildman–Crippen LogP) is 2.84. The van der Waals surface area contributed by atoms with Gasteiger partial charge in [0.15, 0.2) is 0 Å².